The second kappa shape index (κ2) is 4.81. The zero-order chi connectivity index (χ0) is 14.0. The Kier molecular flexibility index (Phi) is 3.34. The van der Waals surface area contributed by atoms with E-state index in [1.807, 2.05) is 13.0 Å². The van der Waals surface area contributed by atoms with Gasteiger partial charge in [0, 0.05) is 25.8 Å². The van der Waals surface area contributed by atoms with Gasteiger partial charge in [0.2, 0.25) is 5.91 Å². The molecule has 1 unspecified atom stereocenters. The van der Waals surface area contributed by atoms with Crippen LogP contribution in [-0.2, 0) is 4.79 Å². The smallest absolute Gasteiger partial charge is 0.227 e. The Hall–Kier alpha value is -2.22. The number of amides is 1. The quantitative estimate of drug-likeness (QED) is 0.778. The highest BCUT2D eigenvalue weighted by Gasteiger charge is 2.40. The molecule has 100 valence electrons. The summed E-state index contributed by atoms with van der Waals surface area (Å²) in [6.45, 7) is 3.34. The summed E-state index contributed by atoms with van der Waals surface area (Å²) in [5.41, 5.74) is 7.28. The Bertz CT molecular complexity index is 549. The maximum atomic E-state index is 11.9. The van der Waals surface area contributed by atoms with E-state index in [1.54, 1.807) is 19.2 Å². The van der Waals surface area contributed by atoms with E-state index in [4.69, 9.17) is 5.73 Å². The van der Waals surface area contributed by atoms with Crippen LogP contribution in [0.3, 0.4) is 0 Å². The summed E-state index contributed by atoms with van der Waals surface area (Å²) in [5.74, 6) is 0.0453. The van der Waals surface area contributed by atoms with Gasteiger partial charge in [0.05, 0.1) is 16.7 Å². The van der Waals surface area contributed by atoms with Crippen molar-refractivity contribution in [1.82, 2.24) is 5.32 Å². The molecular formula is C14H18N4O. The Morgan fingerprint density at radius 3 is 2.95 bits per heavy atom. The summed E-state index contributed by atoms with van der Waals surface area (Å²) < 4.78 is 0. The molecule has 5 nitrogen and oxygen atoms in total. The van der Waals surface area contributed by atoms with Crippen LogP contribution in [-0.4, -0.2) is 26.0 Å². The Morgan fingerprint density at radius 2 is 2.32 bits per heavy atom. The number of nitrogens with one attached hydrogen (secondary N) is 1. The van der Waals surface area contributed by atoms with Crippen molar-refractivity contribution in [2.75, 3.05) is 30.8 Å². The van der Waals surface area contributed by atoms with E-state index < -0.39 is 5.41 Å². The van der Waals surface area contributed by atoms with E-state index >= 15 is 0 Å². The average molecular weight is 258 g/mol. The van der Waals surface area contributed by atoms with Crippen molar-refractivity contribution >= 4 is 17.3 Å². The summed E-state index contributed by atoms with van der Waals surface area (Å²) in [6, 6.07) is 7.47. The first-order valence-corrected chi connectivity index (χ1v) is 6.27. The fourth-order valence-corrected chi connectivity index (χ4v) is 2.57. The van der Waals surface area contributed by atoms with Crippen molar-refractivity contribution in [3.05, 3.63) is 23.8 Å². The monoisotopic (exact) mass is 258 g/mol. The lowest BCUT2D eigenvalue weighted by molar-refractivity contribution is -0.128. The number of hydrogen-bond acceptors (Lipinski definition) is 4. The molecule has 1 aromatic carbocycles. The van der Waals surface area contributed by atoms with Gasteiger partial charge in [-0.15, -0.1) is 0 Å². The fourth-order valence-electron chi connectivity index (χ4n) is 2.57. The van der Waals surface area contributed by atoms with Crippen molar-refractivity contribution in [2.45, 2.75) is 13.3 Å². The van der Waals surface area contributed by atoms with Crippen molar-refractivity contribution < 1.29 is 4.79 Å². The van der Waals surface area contributed by atoms with Crippen molar-refractivity contribution in [3.8, 4) is 6.07 Å². The molecule has 1 heterocycles. The first-order valence-electron chi connectivity index (χ1n) is 6.27. The van der Waals surface area contributed by atoms with Gasteiger partial charge >= 0.3 is 0 Å². The molecule has 3 N–H and O–H groups in total. The lowest BCUT2D eigenvalue weighted by Crippen LogP contribution is -2.39. The summed E-state index contributed by atoms with van der Waals surface area (Å²) in [7, 11) is 1.65. The molecular weight excluding hydrogens is 240 g/mol. The number of benzene rings is 1. The number of rotatable bonds is 2. The molecule has 2 rings (SSSR count). The normalized spacial score (nSPS) is 22.1. The molecule has 0 aromatic heterocycles. The molecule has 0 saturated carbocycles. The molecule has 1 saturated heterocycles. The Balaban J connectivity index is 2.27. The van der Waals surface area contributed by atoms with Crippen LogP contribution in [0.15, 0.2) is 18.2 Å². The SMILES string of the molecule is CNC(=O)C1(C)CCN(c2ccc(N)cc2C#N)C1. The van der Waals surface area contributed by atoms with E-state index in [0.717, 1.165) is 18.7 Å². The third-order valence-electron chi connectivity index (χ3n) is 3.73. The second-order valence-corrected chi connectivity index (χ2v) is 5.20. The molecule has 5 heteroatoms. The molecule has 1 atom stereocenters. The van der Waals surface area contributed by atoms with Gasteiger partial charge < -0.3 is 16.0 Å². The standard InChI is InChI=1S/C14H18N4O/c1-14(13(19)17-2)5-6-18(9-14)12-4-3-11(16)7-10(12)8-15/h3-4,7H,5-6,9,16H2,1-2H3,(H,17,19). The summed E-state index contributed by atoms with van der Waals surface area (Å²) in [4.78, 5) is 14.0. The van der Waals surface area contributed by atoms with Gasteiger partial charge in [-0.1, -0.05) is 0 Å². The maximum Gasteiger partial charge on any atom is 0.227 e. The number of nitrogens with zero attached hydrogens (tertiary/aromatic N) is 2. The van der Waals surface area contributed by atoms with Gasteiger partial charge in [0.25, 0.3) is 0 Å². The van der Waals surface area contributed by atoms with Crippen LogP contribution in [0.5, 0.6) is 0 Å². The molecule has 1 aliphatic heterocycles. The maximum absolute atomic E-state index is 11.9. The van der Waals surface area contributed by atoms with Crippen LogP contribution in [0.2, 0.25) is 0 Å². The highest BCUT2D eigenvalue weighted by Crippen LogP contribution is 2.35. The van der Waals surface area contributed by atoms with E-state index in [-0.39, 0.29) is 5.91 Å². The van der Waals surface area contributed by atoms with Crippen LogP contribution in [0, 0.1) is 16.7 Å². The predicted octanol–water partition coefficient (Wildman–Crippen LogP) is 1.10. The van der Waals surface area contributed by atoms with E-state index in [1.165, 1.54) is 0 Å². The minimum atomic E-state index is -0.400. The highest BCUT2D eigenvalue weighted by atomic mass is 16.2. The largest absolute Gasteiger partial charge is 0.399 e. The Labute approximate surface area is 113 Å². The summed E-state index contributed by atoms with van der Waals surface area (Å²) in [5, 5.41) is 11.9. The zero-order valence-electron chi connectivity index (χ0n) is 11.2. The van der Waals surface area contributed by atoms with E-state index in [0.29, 0.717) is 17.8 Å². The van der Waals surface area contributed by atoms with Crippen LogP contribution >= 0.6 is 0 Å². The van der Waals surface area contributed by atoms with Crippen molar-refractivity contribution in [3.63, 3.8) is 0 Å². The number of anilines is 2. The van der Waals surface area contributed by atoms with Crippen molar-refractivity contribution in [1.29, 1.82) is 5.26 Å². The lowest BCUT2D eigenvalue weighted by Gasteiger charge is -2.24. The zero-order valence-corrected chi connectivity index (χ0v) is 11.2. The molecule has 1 aliphatic rings. The first-order chi connectivity index (χ1) is 9.00. The second-order valence-electron chi connectivity index (χ2n) is 5.20. The molecule has 0 aliphatic carbocycles. The minimum Gasteiger partial charge on any atom is -0.399 e. The number of carbonyl (C=O) groups excluding carboxylic acids is 1. The van der Waals surface area contributed by atoms with E-state index in [2.05, 4.69) is 16.3 Å². The van der Waals surface area contributed by atoms with Crippen LogP contribution in [0.25, 0.3) is 0 Å². The molecule has 0 bridgehead atoms. The minimum absolute atomic E-state index is 0.0453. The molecule has 1 amide bonds. The van der Waals surface area contributed by atoms with Gasteiger partial charge in [-0.3, -0.25) is 4.79 Å². The average Bonchev–Trinajstić information content (AvgIpc) is 2.81. The predicted molar refractivity (Wildman–Crippen MR) is 74.6 cm³/mol. The lowest BCUT2D eigenvalue weighted by atomic mass is 9.89. The number of nitrogen functional groups attached to an aromatic ring is 1. The topological polar surface area (TPSA) is 82.2 Å². The fraction of sp³-hybridized carbons (Fsp3) is 0.429. The van der Waals surface area contributed by atoms with Crippen LogP contribution in [0.4, 0.5) is 11.4 Å². The third-order valence-corrected chi connectivity index (χ3v) is 3.73. The summed E-state index contributed by atoms with van der Waals surface area (Å²) >= 11 is 0. The Morgan fingerprint density at radius 1 is 1.58 bits per heavy atom. The van der Waals surface area contributed by atoms with Gasteiger partial charge in [-0.2, -0.15) is 5.26 Å². The van der Waals surface area contributed by atoms with E-state index in [9.17, 15) is 10.1 Å². The van der Waals surface area contributed by atoms with Crippen molar-refractivity contribution in [2.24, 2.45) is 5.41 Å². The van der Waals surface area contributed by atoms with Gasteiger partial charge in [0.15, 0.2) is 0 Å². The van der Waals surface area contributed by atoms with Gasteiger partial charge in [-0.05, 0) is 31.5 Å². The third kappa shape index (κ3) is 2.34. The molecule has 1 aromatic rings. The molecule has 1 fully saturated rings. The number of carbonyl (C=O) groups is 1. The number of nitriles is 1. The molecule has 19 heavy (non-hydrogen) atoms. The first kappa shape index (κ1) is 13.2. The highest BCUT2D eigenvalue weighted by molar-refractivity contribution is 5.83. The molecule has 0 spiro atoms. The molecule has 0 radical (unpaired) electrons. The van der Waals surface area contributed by atoms with Crippen LogP contribution < -0.4 is 16.0 Å². The van der Waals surface area contributed by atoms with Gasteiger partial charge in [-0.25, -0.2) is 0 Å². The van der Waals surface area contributed by atoms with Crippen LogP contribution in [0.1, 0.15) is 18.9 Å². The summed E-state index contributed by atoms with van der Waals surface area (Å²) in [6.07, 6.45) is 0.780. The number of hydrogen-bond donors (Lipinski definition) is 2. The number of nitrogens with two attached hydrogens (primary N) is 1. The van der Waals surface area contributed by atoms with Gasteiger partial charge in [0.1, 0.15) is 6.07 Å².